The number of carboxylic acids is 1. The van der Waals surface area contributed by atoms with Gasteiger partial charge in [-0.25, -0.2) is 9.78 Å². The molecule has 2 aromatic heterocycles. The van der Waals surface area contributed by atoms with Crippen molar-refractivity contribution in [2.45, 2.75) is 32.7 Å². The van der Waals surface area contributed by atoms with Gasteiger partial charge in [0.15, 0.2) is 0 Å². The SMILES string of the molecule is CCc1cc(C(=O)O)cc(NC(C)Cc2cccs2)n1. The van der Waals surface area contributed by atoms with Gasteiger partial charge in [-0.15, -0.1) is 11.3 Å². The first-order valence-electron chi connectivity index (χ1n) is 6.61. The number of nitrogens with one attached hydrogen (secondary N) is 1. The number of hydrogen-bond donors (Lipinski definition) is 2. The molecule has 2 rings (SSSR count). The van der Waals surface area contributed by atoms with Crippen LogP contribution in [0.1, 0.15) is 34.8 Å². The van der Waals surface area contributed by atoms with Crippen molar-refractivity contribution in [2.75, 3.05) is 5.32 Å². The lowest BCUT2D eigenvalue weighted by atomic mass is 10.1. The van der Waals surface area contributed by atoms with Gasteiger partial charge in [-0.1, -0.05) is 13.0 Å². The van der Waals surface area contributed by atoms with Crippen molar-refractivity contribution in [2.24, 2.45) is 0 Å². The third-order valence-electron chi connectivity index (χ3n) is 2.97. The highest BCUT2D eigenvalue weighted by Gasteiger charge is 2.10. The fourth-order valence-corrected chi connectivity index (χ4v) is 2.84. The number of aryl methyl sites for hydroxylation is 1. The smallest absolute Gasteiger partial charge is 0.335 e. The summed E-state index contributed by atoms with van der Waals surface area (Å²) < 4.78 is 0. The van der Waals surface area contributed by atoms with E-state index < -0.39 is 5.97 Å². The van der Waals surface area contributed by atoms with Crippen molar-refractivity contribution in [3.05, 3.63) is 45.8 Å². The Morgan fingerprint density at radius 3 is 2.90 bits per heavy atom. The topological polar surface area (TPSA) is 62.2 Å². The molecule has 4 nitrogen and oxygen atoms in total. The van der Waals surface area contributed by atoms with E-state index in [2.05, 4.69) is 28.7 Å². The number of rotatable bonds is 6. The van der Waals surface area contributed by atoms with Gasteiger partial charge in [0.05, 0.1) is 5.56 Å². The molecule has 0 bridgehead atoms. The zero-order chi connectivity index (χ0) is 14.5. The minimum absolute atomic E-state index is 0.204. The molecule has 0 aromatic carbocycles. The maximum Gasteiger partial charge on any atom is 0.335 e. The Hall–Kier alpha value is -1.88. The van der Waals surface area contributed by atoms with E-state index in [1.807, 2.05) is 13.0 Å². The monoisotopic (exact) mass is 290 g/mol. The van der Waals surface area contributed by atoms with E-state index in [-0.39, 0.29) is 11.6 Å². The summed E-state index contributed by atoms with van der Waals surface area (Å²) in [6.07, 6.45) is 1.62. The van der Waals surface area contributed by atoms with Crippen LogP contribution in [0.25, 0.3) is 0 Å². The fourth-order valence-electron chi connectivity index (χ4n) is 2.00. The Bertz CT molecular complexity index is 582. The lowest BCUT2D eigenvalue weighted by Gasteiger charge is -2.15. The van der Waals surface area contributed by atoms with Gasteiger partial charge < -0.3 is 10.4 Å². The van der Waals surface area contributed by atoms with Crippen molar-refractivity contribution in [1.29, 1.82) is 0 Å². The zero-order valence-electron chi connectivity index (χ0n) is 11.6. The number of carboxylic acid groups (broad SMARTS) is 1. The Morgan fingerprint density at radius 1 is 1.50 bits per heavy atom. The third kappa shape index (κ3) is 3.81. The molecule has 0 aliphatic rings. The first-order chi connectivity index (χ1) is 9.58. The molecule has 0 fully saturated rings. The molecule has 0 aliphatic heterocycles. The van der Waals surface area contributed by atoms with Crippen LogP contribution in [0, 0.1) is 0 Å². The number of aromatic nitrogens is 1. The van der Waals surface area contributed by atoms with Gasteiger partial charge in [0.2, 0.25) is 0 Å². The van der Waals surface area contributed by atoms with Crippen LogP contribution in [0.15, 0.2) is 29.6 Å². The third-order valence-corrected chi connectivity index (χ3v) is 3.87. The zero-order valence-corrected chi connectivity index (χ0v) is 12.4. The van der Waals surface area contributed by atoms with Crippen molar-refractivity contribution in [3.63, 3.8) is 0 Å². The molecule has 2 N–H and O–H groups in total. The number of anilines is 1. The Morgan fingerprint density at radius 2 is 2.30 bits per heavy atom. The molecular weight excluding hydrogens is 272 g/mol. The van der Waals surface area contributed by atoms with Gasteiger partial charge in [0, 0.05) is 23.0 Å². The van der Waals surface area contributed by atoms with Crippen molar-refractivity contribution < 1.29 is 9.90 Å². The highest BCUT2D eigenvalue weighted by Crippen LogP contribution is 2.16. The molecule has 20 heavy (non-hydrogen) atoms. The van der Waals surface area contributed by atoms with Crippen LogP contribution >= 0.6 is 11.3 Å². The van der Waals surface area contributed by atoms with Gasteiger partial charge in [0.1, 0.15) is 5.82 Å². The number of carbonyl (C=O) groups is 1. The van der Waals surface area contributed by atoms with E-state index in [0.29, 0.717) is 5.82 Å². The average Bonchev–Trinajstić information content (AvgIpc) is 2.90. The second-order valence-electron chi connectivity index (χ2n) is 4.72. The van der Waals surface area contributed by atoms with Crippen LogP contribution < -0.4 is 5.32 Å². The van der Waals surface area contributed by atoms with Crippen LogP contribution in [-0.4, -0.2) is 22.1 Å². The van der Waals surface area contributed by atoms with E-state index in [9.17, 15) is 4.79 Å². The highest BCUT2D eigenvalue weighted by atomic mass is 32.1. The minimum Gasteiger partial charge on any atom is -0.478 e. The maximum absolute atomic E-state index is 11.1. The molecule has 5 heteroatoms. The van der Waals surface area contributed by atoms with Crippen LogP contribution in [-0.2, 0) is 12.8 Å². The van der Waals surface area contributed by atoms with Gasteiger partial charge in [-0.3, -0.25) is 0 Å². The molecule has 0 spiro atoms. The number of hydrogen-bond acceptors (Lipinski definition) is 4. The van der Waals surface area contributed by atoms with Crippen LogP contribution in [0.5, 0.6) is 0 Å². The second-order valence-corrected chi connectivity index (χ2v) is 5.75. The number of pyridine rings is 1. The fraction of sp³-hybridized carbons (Fsp3) is 0.333. The van der Waals surface area contributed by atoms with Crippen molar-refractivity contribution in [1.82, 2.24) is 4.98 Å². The molecule has 0 aliphatic carbocycles. The standard InChI is InChI=1S/C15H18N2O2S/c1-3-12-8-11(15(18)19)9-14(17-12)16-10(2)7-13-5-4-6-20-13/h4-6,8-10H,3,7H2,1-2H3,(H,16,17)(H,18,19). The predicted octanol–water partition coefficient (Wildman–Crippen LogP) is 3.45. The first kappa shape index (κ1) is 14.5. The van der Waals surface area contributed by atoms with Gasteiger partial charge in [0.25, 0.3) is 0 Å². The largest absolute Gasteiger partial charge is 0.478 e. The Kier molecular flexibility index (Phi) is 4.74. The summed E-state index contributed by atoms with van der Waals surface area (Å²) in [7, 11) is 0. The van der Waals surface area contributed by atoms with Gasteiger partial charge in [-0.05, 0) is 36.9 Å². The van der Waals surface area contributed by atoms with E-state index in [1.165, 1.54) is 4.88 Å². The molecule has 1 atom stereocenters. The maximum atomic E-state index is 11.1. The molecule has 106 valence electrons. The molecule has 0 radical (unpaired) electrons. The van der Waals surface area contributed by atoms with E-state index in [1.54, 1.807) is 23.5 Å². The normalized spacial score (nSPS) is 12.1. The van der Waals surface area contributed by atoms with E-state index >= 15 is 0 Å². The highest BCUT2D eigenvalue weighted by molar-refractivity contribution is 7.09. The van der Waals surface area contributed by atoms with Crippen LogP contribution in [0.3, 0.4) is 0 Å². The summed E-state index contributed by atoms with van der Waals surface area (Å²) in [5, 5.41) is 14.5. The average molecular weight is 290 g/mol. The molecule has 0 saturated heterocycles. The lowest BCUT2D eigenvalue weighted by molar-refractivity contribution is 0.0696. The molecular formula is C15H18N2O2S. The van der Waals surface area contributed by atoms with Crippen molar-refractivity contribution >= 4 is 23.1 Å². The summed E-state index contributed by atoms with van der Waals surface area (Å²) in [5.74, 6) is -0.290. The summed E-state index contributed by atoms with van der Waals surface area (Å²) in [5.41, 5.74) is 1.07. The molecule has 1 unspecified atom stereocenters. The molecule has 0 saturated carbocycles. The summed E-state index contributed by atoms with van der Waals surface area (Å²) in [6, 6.07) is 7.55. The number of nitrogens with zero attached hydrogens (tertiary/aromatic N) is 1. The molecule has 2 aromatic rings. The number of aromatic carboxylic acids is 1. The second kappa shape index (κ2) is 6.52. The predicted molar refractivity (Wildman–Crippen MR) is 81.7 cm³/mol. The minimum atomic E-state index is -0.920. The lowest BCUT2D eigenvalue weighted by Crippen LogP contribution is -2.19. The first-order valence-corrected chi connectivity index (χ1v) is 7.49. The molecule has 2 heterocycles. The van der Waals surface area contributed by atoms with Crippen LogP contribution in [0.4, 0.5) is 5.82 Å². The van der Waals surface area contributed by atoms with Crippen LogP contribution in [0.2, 0.25) is 0 Å². The Balaban J connectivity index is 2.11. The molecule has 0 amide bonds. The van der Waals surface area contributed by atoms with E-state index in [0.717, 1.165) is 18.5 Å². The summed E-state index contributed by atoms with van der Waals surface area (Å²) in [4.78, 5) is 16.8. The van der Waals surface area contributed by atoms with Gasteiger partial charge in [-0.2, -0.15) is 0 Å². The number of thiophene rings is 1. The van der Waals surface area contributed by atoms with Crippen molar-refractivity contribution in [3.8, 4) is 0 Å². The van der Waals surface area contributed by atoms with Gasteiger partial charge >= 0.3 is 5.97 Å². The Labute approximate surface area is 122 Å². The summed E-state index contributed by atoms with van der Waals surface area (Å²) in [6.45, 7) is 4.04. The summed E-state index contributed by atoms with van der Waals surface area (Å²) >= 11 is 1.72. The quantitative estimate of drug-likeness (QED) is 0.855. The van der Waals surface area contributed by atoms with E-state index in [4.69, 9.17) is 5.11 Å².